The van der Waals surface area contributed by atoms with Gasteiger partial charge in [0.05, 0.1) is 7.11 Å². The Balaban J connectivity index is 2.71. The average molecular weight is 250 g/mol. The minimum Gasteiger partial charge on any atom is -0.467 e. The van der Waals surface area contributed by atoms with Crippen molar-refractivity contribution >= 4 is 11.9 Å². The molecule has 5 heteroatoms. The number of carbonyl (C=O) groups is 2. The van der Waals surface area contributed by atoms with Gasteiger partial charge in [0.15, 0.2) is 0 Å². The van der Waals surface area contributed by atoms with Gasteiger partial charge in [-0.15, -0.1) is 0 Å². The maximum Gasteiger partial charge on any atom is 0.328 e. The van der Waals surface area contributed by atoms with Crippen molar-refractivity contribution < 1.29 is 14.3 Å². The second-order valence-electron chi connectivity index (χ2n) is 4.39. The Morgan fingerprint density at radius 2 is 2.11 bits per heavy atom. The first kappa shape index (κ1) is 14.2. The SMILES string of the molecule is COC(=O)[C@H](CC(C)C)NC(=O)c1ccccn1. The van der Waals surface area contributed by atoms with E-state index in [1.165, 1.54) is 13.3 Å². The molecule has 0 spiro atoms. The maximum absolute atomic E-state index is 11.9. The molecule has 0 unspecified atom stereocenters. The molecule has 0 aliphatic rings. The molecule has 1 amide bonds. The number of esters is 1. The molecule has 0 aliphatic carbocycles. The van der Waals surface area contributed by atoms with Crippen LogP contribution in [-0.4, -0.2) is 30.0 Å². The molecule has 5 nitrogen and oxygen atoms in total. The molecule has 0 radical (unpaired) electrons. The topological polar surface area (TPSA) is 68.3 Å². The number of pyridine rings is 1. The van der Waals surface area contributed by atoms with E-state index in [2.05, 4.69) is 15.0 Å². The van der Waals surface area contributed by atoms with Gasteiger partial charge in [-0.25, -0.2) is 4.79 Å². The minimum absolute atomic E-state index is 0.276. The number of amides is 1. The van der Waals surface area contributed by atoms with Crippen molar-refractivity contribution in [1.29, 1.82) is 0 Å². The van der Waals surface area contributed by atoms with Crippen molar-refractivity contribution in [3.8, 4) is 0 Å². The van der Waals surface area contributed by atoms with Crippen molar-refractivity contribution in [2.75, 3.05) is 7.11 Å². The lowest BCUT2D eigenvalue weighted by Crippen LogP contribution is -2.42. The molecule has 0 fully saturated rings. The van der Waals surface area contributed by atoms with Crippen LogP contribution in [0.4, 0.5) is 0 Å². The third-order valence-corrected chi connectivity index (χ3v) is 2.40. The second kappa shape index (κ2) is 6.74. The van der Waals surface area contributed by atoms with E-state index in [0.717, 1.165) is 0 Å². The molecule has 1 heterocycles. The molecular formula is C13H18N2O3. The van der Waals surface area contributed by atoms with Crippen LogP contribution in [0.2, 0.25) is 0 Å². The molecule has 1 aromatic rings. The van der Waals surface area contributed by atoms with Crippen molar-refractivity contribution in [3.63, 3.8) is 0 Å². The fraction of sp³-hybridized carbons (Fsp3) is 0.462. The van der Waals surface area contributed by atoms with Gasteiger partial charge in [-0.2, -0.15) is 0 Å². The molecule has 0 saturated carbocycles. The van der Waals surface area contributed by atoms with E-state index in [-0.39, 0.29) is 17.5 Å². The Kier molecular flexibility index (Phi) is 5.30. The van der Waals surface area contributed by atoms with Gasteiger partial charge in [0.1, 0.15) is 11.7 Å². The molecule has 0 bridgehead atoms. The van der Waals surface area contributed by atoms with E-state index in [1.807, 2.05) is 13.8 Å². The molecule has 0 aromatic carbocycles. The minimum atomic E-state index is -0.635. The molecule has 98 valence electrons. The van der Waals surface area contributed by atoms with Crippen LogP contribution in [0.25, 0.3) is 0 Å². The zero-order valence-electron chi connectivity index (χ0n) is 10.8. The quantitative estimate of drug-likeness (QED) is 0.802. The van der Waals surface area contributed by atoms with Crippen molar-refractivity contribution in [1.82, 2.24) is 10.3 Å². The summed E-state index contributed by atoms with van der Waals surface area (Å²) in [7, 11) is 1.31. The first-order valence-electron chi connectivity index (χ1n) is 5.84. The Morgan fingerprint density at radius 1 is 1.39 bits per heavy atom. The fourth-order valence-corrected chi connectivity index (χ4v) is 1.56. The molecule has 0 saturated heterocycles. The van der Waals surface area contributed by atoms with E-state index < -0.39 is 12.0 Å². The molecule has 1 aromatic heterocycles. The largest absolute Gasteiger partial charge is 0.467 e. The fourth-order valence-electron chi connectivity index (χ4n) is 1.56. The number of aromatic nitrogens is 1. The lowest BCUT2D eigenvalue weighted by atomic mass is 10.0. The summed E-state index contributed by atoms with van der Waals surface area (Å²) in [6, 6.07) is 4.41. The summed E-state index contributed by atoms with van der Waals surface area (Å²) in [5.41, 5.74) is 0.287. The zero-order valence-corrected chi connectivity index (χ0v) is 10.8. The number of hydrogen-bond donors (Lipinski definition) is 1. The Morgan fingerprint density at radius 3 is 2.61 bits per heavy atom. The van der Waals surface area contributed by atoms with Crippen LogP contribution in [0, 0.1) is 5.92 Å². The van der Waals surface area contributed by atoms with Crippen molar-refractivity contribution in [2.24, 2.45) is 5.92 Å². The Labute approximate surface area is 107 Å². The molecular weight excluding hydrogens is 232 g/mol. The van der Waals surface area contributed by atoms with E-state index in [4.69, 9.17) is 0 Å². The normalized spacial score (nSPS) is 12.0. The summed E-state index contributed by atoms with van der Waals surface area (Å²) in [5.74, 6) is -0.530. The Hall–Kier alpha value is -1.91. The van der Waals surface area contributed by atoms with Crippen molar-refractivity contribution in [2.45, 2.75) is 26.3 Å². The maximum atomic E-state index is 11.9. The predicted molar refractivity (Wildman–Crippen MR) is 67.0 cm³/mol. The molecule has 1 rings (SSSR count). The smallest absolute Gasteiger partial charge is 0.328 e. The highest BCUT2D eigenvalue weighted by molar-refractivity contribution is 5.95. The number of nitrogens with one attached hydrogen (secondary N) is 1. The monoisotopic (exact) mass is 250 g/mol. The summed E-state index contributed by atoms with van der Waals surface area (Å²) in [4.78, 5) is 27.4. The van der Waals surface area contributed by atoms with Crippen LogP contribution in [0.5, 0.6) is 0 Å². The number of nitrogens with zero attached hydrogens (tertiary/aromatic N) is 1. The van der Waals surface area contributed by atoms with Crippen LogP contribution in [0.3, 0.4) is 0 Å². The number of carbonyl (C=O) groups excluding carboxylic acids is 2. The summed E-state index contributed by atoms with van der Waals surface area (Å²) in [6.45, 7) is 3.95. The van der Waals surface area contributed by atoms with Crippen molar-refractivity contribution in [3.05, 3.63) is 30.1 Å². The third-order valence-electron chi connectivity index (χ3n) is 2.40. The predicted octanol–water partition coefficient (Wildman–Crippen LogP) is 1.40. The van der Waals surface area contributed by atoms with E-state index in [9.17, 15) is 9.59 Å². The molecule has 1 atom stereocenters. The number of methoxy groups -OCH3 is 1. The standard InChI is InChI=1S/C13H18N2O3/c1-9(2)8-11(13(17)18-3)15-12(16)10-6-4-5-7-14-10/h4-7,9,11H,8H2,1-3H3,(H,15,16)/t11-/m0/s1. The summed E-state index contributed by atoms with van der Waals surface area (Å²) < 4.78 is 4.68. The number of ether oxygens (including phenoxy) is 1. The van der Waals surface area contributed by atoms with Gasteiger partial charge in [-0.05, 0) is 24.5 Å². The van der Waals surface area contributed by atoms with E-state index >= 15 is 0 Å². The zero-order chi connectivity index (χ0) is 13.5. The summed E-state index contributed by atoms with van der Waals surface area (Å²) >= 11 is 0. The van der Waals surface area contributed by atoms with Gasteiger partial charge in [-0.3, -0.25) is 9.78 Å². The highest BCUT2D eigenvalue weighted by atomic mass is 16.5. The van der Waals surface area contributed by atoms with E-state index in [0.29, 0.717) is 6.42 Å². The van der Waals surface area contributed by atoms with Crippen LogP contribution in [0.15, 0.2) is 24.4 Å². The van der Waals surface area contributed by atoms with Gasteiger partial charge in [0.2, 0.25) is 0 Å². The van der Waals surface area contributed by atoms with Gasteiger partial charge in [0.25, 0.3) is 5.91 Å². The number of hydrogen-bond acceptors (Lipinski definition) is 4. The van der Waals surface area contributed by atoms with Gasteiger partial charge in [-0.1, -0.05) is 19.9 Å². The van der Waals surface area contributed by atoms with E-state index in [1.54, 1.807) is 18.2 Å². The third kappa shape index (κ3) is 4.16. The first-order chi connectivity index (χ1) is 8.54. The van der Waals surface area contributed by atoms with Crippen LogP contribution < -0.4 is 5.32 Å². The average Bonchev–Trinajstić information content (AvgIpc) is 2.37. The highest BCUT2D eigenvalue weighted by Crippen LogP contribution is 2.07. The van der Waals surface area contributed by atoms with Crippen LogP contribution in [0.1, 0.15) is 30.8 Å². The number of rotatable bonds is 5. The summed E-state index contributed by atoms with van der Waals surface area (Å²) in [5, 5.41) is 2.64. The second-order valence-corrected chi connectivity index (χ2v) is 4.39. The summed E-state index contributed by atoms with van der Waals surface area (Å²) in [6.07, 6.45) is 2.07. The highest BCUT2D eigenvalue weighted by Gasteiger charge is 2.23. The Bertz CT molecular complexity index is 404. The van der Waals surface area contributed by atoms with Crippen LogP contribution >= 0.6 is 0 Å². The molecule has 0 aliphatic heterocycles. The van der Waals surface area contributed by atoms with Gasteiger partial charge >= 0.3 is 5.97 Å². The van der Waals surface area contributed by atoms with Crippen LogP contribution in [-0.2, 0) is 9.53 Å². The molecule has 18 heavy (non-hydrogen) atoms. The van der Waals surface area contributed by atoms with Gasteiger partial charge in [0, 0.05) is 6.20 Å². The van der Waals surface area contributed by atoms with Gasteiger partial charge < -0.3 is 10.1 Å². The first-order valence-corrected chi connectivity index (χ1v) is 5.84. The molecule has 1 N–H and O–H groups in total. The lowest BCUT2D eigenvalue weighted by molar-refractivity contribution is -0.143. The lowest BCUT2D eigenvalue weighted by Gasteiger charge is -2.17.